The van der Waals surface area contributed by atoms with Gasteiger partial charge < -0.3 is 15.4 Å². The Hall–Kier alpha value is -4.65. The van der Waals surface area contributed by atoms with Gasteiger partial charge in [-0.25, -0.2) is 27.5 Å². The van der Waals surface area contributed by atoms with Crippen LogP contribution >= 0.6 is 0 Å². The van der Waals surface area contributed by atoms with Crippen LogP contribution < -0.4 is 10.5 Å². The van der Waals surface area contributed by atoms with Crippen molar-refractivity contribution >= 4 is 32.8 Å². The SMILES string of the molecule is CC(C#N)(CCCC(C)(C)N1CCN(S(C)(=O)=O)CC1)C(=O)N1CCC[C@@H](n2nc(-c3ccc(Oc4ccccc4)cc3F)c3c(N)ncnc32)C1. The molecule has 0 bridgehead atoms. The van der Waals surface area contributed by atoms with Crippen molar-refractivity contribution in [2.75, 3.05) is 51.3 Å². The minimum absolute atomic E-state index is 0.163. The molecule has 0 radical (unpaired) electrons. The lowest BCUT2D eigenvalue weighted by molar-refractivity contribution is -0.140. The number of hydrogen-bond donors (Lipinski definition) is 1. The molecule has 13 nitrogen and oxygen atoms in total. The summed E-state index contributed by atoms with van der Waals surface area (Å²) in [5.74, 6) is 0.296. The second kappa shape index (κ2) is 14.8. The van der Waals surface area contributed by atoms with Gasteiger partial charge in [0.15, 0.2) is 5.65 Å². The number of carbonyl (C=O) groups excluding carboxylic acids is 1. The fourth-order valence-electron chi connectivity index (χ4n) is 7.37. The summed E-state index contributed by atoms with van der Waals surface area (Å²) >= 11 is 0. The van der Waals surface area contributed by atoms with E-state index < -0.39 is 21.3 Å². The number of amides is 1. The molecule has 15 heteroatoms. The Morgan fingerprint density at radius 2 is 1.77 bits per heavy atom. The molecule has 2 saturated heterocycles. The zero-order valence-electron chi connectivity index (χ0n) is 30.1. The standard InChI is InChI=1S/C37H46FN9O4S/c1-36(2,45-18-20-46(21-19-45)52(4,49)50)15-9-16-37(3,24-39)35(48)44-17-8-10-26(23-44)47-34-31(33(40)41-25-42-34)32(43-47)29-14-13-28(22-30(29)38)51-27-11-6-5-7-12-27/h5-7,11-14,22,25-26H,8-10,15-21,23H2,1-4H3,(H2,40,41,42)/t26-,37?/m1/s1. The number of nitrogens with two attached hydrogens (primary N) is 1. The average Bonchev–Trinajstić information content (AvgIpc) is 3.52. The van der Waals surface area contributed by atoms with E-state index in [2.05, 4.69) is 34.8 Å². The smallest absolute Gasteiger partial charge is 0.242 e. The number of fused-ring (bicyclic) bond motifs is 1. The van der Waals surface area contributed by atoms with Crippen LogP contribution in [0.3, 0.4) is 0 Å². The van der Waals surface area contributed by atoms with E-state index in [-0.39, 0.29) is 28.9 Å². The molecule has 0 spiro atoms. The zero-order chi connectivity index (χ0) is 37.3. The molecule has 4 heterocycles. The molecular formula is C37H46FN9O4S. The first-order chi connectivity index (χ1) is 24.7. The van der Waals surface area contributed by atoms with Gasteiger partial charge in [-0.2, -0.15) is 14.7 Å². The number of aromatic nitrogens is 4. The fraction of sp³-hybridized carbons (Fsp3) is 0.486. The van der Waals surface area contributed by atoms with E-state index in [0.29, 0.717) is 93.2 Å². The molecule has 1 unspecified atom stereocenters. The highest BCUT2D eigenvalue weighted by molar-refractivity contribution is 7.88. The number of nitriles is 1. The highest BCUT2D eigenvalue weighted by Gasteiger charge is 2.40. The van der Waals surface area contributed by atoms with Crippen molar-refractivity contribution in [3.05, 3.63) is 60.7 Å². The molecule has 0 aliphatic carbocycles. The number of para-hydroxylation sites is 1. The van der Waals surface area contributed by atoms with E-state index in [1.165, 1.54) is 23.0 Å². The van der Waals surface area contributed by atoms with Crippen LogP contribution in [-0.2, 0) is 14.8 Å². The largest absolute Gasteiger partial charge is 0.457 e. The van der Waals surface area contributed by atoms with Crippen LogP contribution in [-0.4, -0.2) is 99.2 Å². The number of nitrogen functional groups attached to an aromatic ring is 1. The van der Waals surface area contributed by atoms with Gasteiger partial charge in [0.2, 0.25) is 15.9 Å². The molecule has 0 saturated carbocycles. The summed E-state index contributed by atoms with van der Waals surface area (Å²) in [5, 5.41) is 15.6. The van der Waals surface area contributed by atoms with Gasteiger partial charge >= 0.3 is 0 Å². The molecule has 2 N–H and O–H groups in total. The van der Waals surface area contributed by atoms with E-state index in [4.69, 9.17) is 15.6 Å². The Labute approximate surface area is 304 Å². The maximum atomic E-state index is 15.7. The number of likely N-dealkylation sites (tertiary alicyclic amines) is 1. The van der Waals surface area contributed by atoms with Crippen molar-refractivity contribution in [1.29, 1.82) is 5.26 Å². The third-order valence-electron chi connectivity index (χ3n) is 10.5. The highest BCUT2D eigenvalue weighted by Crippen LogP contribution is 2.38. The van der Waals surface area contributed by atoms with Gasteiger partial charge in [-0.15, -0.1) is 0 Å². The first-order valence-corrected chi connectivity index (χ1v) is 19.5. The number of benzene rings is 2. The Morgan fingerprint density at radius 1 is 1.04 bits per heavy atom. The van der Waals surface area contributed by atoms with Crippen molar-refractivity contribution in [2.24, 2.45) is 5.41 Å². The van der Waals surface area contributed by atoms with E-state index in [1.807, 2.05) is 18.2 Å². The van der Waals surface area contributed by atoms with Crippen LogP contribution in [0.1, 0.15) is 58.9 Å². The highest BCUT2D eigenvalue weighted by atomic mass is 32.2. The first-order valence-electron chi connectivity index (χ1n) is 17.6. The van der Waals surface area contributed by atoms with E-state index in [0.717, 1.165) is 6.42 Å². The first kappa shape index (κ1) is 37.1. The maximum absolute atomic E-state index is 15.7. The number of carbonyl (C=O) groups is 1. The molecule has 6 rings (SSSR count). The predicted molar refractivity (Wildman–Crippen MR) is 196 cm³/mol. The van der Waals surface area contributed by atoms with E-state index in [9.17, 15) is 18.5 Å². The average molecular weight is 732 g/mol. The van der Waals surface area contributed by atoms with Gasteiger partial charge in [-0.05, 0) is 77.1 Å². The Balaban J connectivity index is 1.16. The van der Waals surface area contributed by atoms with Crippen LogP contribution in [0, 0.1) is 22.6 Å². The maximum Gasteiger partial charge on any atom is 0.242 e. The predicted octanol–water partition coefficient (Wildman–Crippen LogP) is 5.23. The summed E-state index contributed by atoms with van der Waals surface area (Å²) in [5.41, 5.74) is 5.83. The summed E-state index contributed by atoms with van der Waals surface area (Å²) < 4.78 is 48.7. The van der Waals surface area contributed by atoms with Gasteiger partial charge in [-0.1, -0.05) is 18.2 Å². The van der Waals surface area contributed by atoms with Crippen LogP contribution in [0.4, 0.5) is 10.2 Å². The normalized spacial score (nSPS) is 18.9. The molecule has 2 aliphatic rings. The van der Waals surface area contributed by atoms with Gasteiger partial charge in [0.05, 0.1) is 23.8 Å². The van der Waals surface area contributed by atoms with Crippen molar-refractivity contribution in [3.8, 4) is 28.8 Å². The molecule has 2 aromatic heterocycles. The van der Waals surface area contributed by atoms with Crippen LogP contribution in [0.2, 0.25) is 0 Å². The molecule has 2 aromatic carbocycles. The quantitative estimate of drug-likeness (QED) is 0.216. The molecule has 276 valence electrons. The number of halogens is 1. The lowest BCUT2D eigenvalue weighted by Crippen LogP contribution is -2.55. The molecule has 2 fully saturated rings. The van der Waals surface area contributed by atoms with Crippen molar-refractivity contribution in [3.63, 3.8) is 0 Å². The van der Waals surface area contributed by atoms with Crippen molar-refractivity contribution in [2.45, 2.75) is 64.5 Å². The molecule has 2 atom stereocenters. The van der Waals surface area contributed by atoms with E-state index >= 15 is 4.39 Å². The molecule has 2 aliphatic heterocycles. The van der Waals surface area contributed by atoms with Gasteiger partial charge in [0.1, 0.15) is 40.6 Å². The van der Waals surface area contributed by atoms with Crippen LogP contribution in [0.5, 0.6) is 11.5 Å². The summed E-state index contributed by atoms with van der Waals surface area (Å²) in [7, 11) is -3.22. The number of sulfonamides is 1. The number of piperidine rings is 1. The number of hydrogen-bond acceptors (Lipinski definition) is 10. The molecule has 4 aromatic rings. The Morgan fingerprint density at radius 3 is 2.44 bits per heavy atom. The third-order valence-corrected chi connectivity index (χ3v) is 11.8. The summed E-state index contributed by atoms with van der Waals surface area (Å²) in [4.78, 5) is 26.7. The Kier molecular flexibility index (Phi) is 10.5. The lowest BCUT2D eigenvalue weighted by atomic mass is 9.82. The molecular weight excluding hydrogens is 686 g/mol. The number of piperazine rings is 1. The number of nitrogens with zero attached hydrogens (tertiary/aromatic N) is 8. The van der Waals surface area contributed by atoms with Gasteiger partial charge in [-0.3, -0.25) is 9.69 Å². The summed E-state index contributed by atoms with van der Waals surface area (Å²) in [6.07, 6.45) is 5.74. The third kappa shape index (κ3) is 7.74. The lowest BCUT2D eigenvalue weighted by Gasteiger charge is -2.44. The van der Waals surface area contributed by atoms with Crippen molar-refractivity contribution < 1.29 is 22.3 Å². The van der Waals surface area contributed by atoms with E-state index in [1.54, 1.807) is 40.8 Å². The molecule has 1 amide bonds. The van der Waals surface area contributed by atoms with Gasteiger partial charge in [0.25, 0.3) is 0 Å². The number of ether oxygens (including phenoxy) is 1. The van der Waals surface area contributed by atoms with Crippen molar-refractivity contribution in [1.82, 2.24) is 33.9 Å². The summed E-state index contributed by atoms with van der Waals surface area (Å²) in [6.45, 7) is 8.92. The topological polar surface area (TPSA) is 164 Å². The second-order valence-corrected chi connectivity index (χ2v) is 16.6. The van der Waals surface area contributed by atoms with Crippen LogP contribution in [0.25, 0.3) is 22.3 Å². The van der Waals surface area contributed by atoms with Gasteiger partial charge in [0, 0.05) is 56.4 Å². The minimum Gasteiger partial charge on any atom is -0.457 e. The zero-order valence-corrected chi connectivity index (χ0v) is 30.9. The number of rotatable bonds is 11. The fourth-order valence-corrected chi connectivity index (χ4v) is 8.20. The summed E-state index contributed by atoms with van der Waals surface area (Å²) in [6, 6.07) is 15.7. The Bertz CT molecular complexity index is 2080. The minimum atomic E-state index is -3.22. The number of anilines is 1. The monoisotopic (exact) mass is 731 g/mol. The second-order valence-electron chi connectivity index (χ2n) is 14.6. The van der Waals surface area contributed by atoms with Crippen LogP contribution in [0.15, 0.2) is 54.9 Å². The molecule has 52 heavy (non-hydrogen) atoms.